The van der Waals surface area contributed by atoms with Crippen LogP contribution in [0.25, 0.3) is 10.9 Å². The second-order valence-electron chi connectivity index (χ2n) is 3.45. The lowest BCUT2D eigenvalue weighted by atomic mass is 10.1. The SMILES string of the molecule is Cc1c(CO)n(C)c2cc(Br)ccc12. The first-order valence-electron chi connectivity index (χ1n) is 4.49. The van der Waals surface area contributed by atoms with Gasteiger partial charge in [0.2, 0.25) is 0 Å². The fraction of sp³-hybridized carbons (Fsp3) is 0.273. The first-order chi connectivity index (χ1) is 6.65. The largest absolute Gasteiger partial charge is 0.390 e. The summed E-state index contributed by atoms with van der Waals surface area (Å²) < 4.78 is 3.10. The molecule has 1 aromatic heterocycles. The lowest BCUT2D eigenvalue weighted by molar-refractivity contribution is 0.272. The van der Waals surface area contributed by atoms with Gasteiger partial charge in [-0.1, -0.05) is 22.0 Å². The Hall–Kier alpha value is -0.800. The third-order valence-electron chi connectivity index (χ3n) is 2.71. The number of aryl methyl sites for hydroxylation is 2. The highest BCUT2D eigenvalue weighted by molar-refractivity contribution is 9.10. The fourth-order valence-electron chi connectivity index (χ4n) is 1.88. The fourth-order valence-corrected chi connectivity index (χ4v) is 2.23. The van der Waals surface area contributed by atoms with Gasteiger partial charge in [-0.2, -0.15) is 0 Å². The van der Waals surface area contributed by atoms with Crippen LogP contribution in [0.3, 0.4) is 0 Å². The molecule has 74 valence electrons. The quantitative estimate of drug-likeness (QED) is 0.831. The first-order valence-corrected chi connectivity index (χ1v) is 5.28. The van der Waals surface area contributed by atoms with Crippen molar-refractivity contribution in [3.63, 3.8) is 0 Å². The van der Waals surface area contributed by atoms with E-state index in [-0.39, 0.29) is 6.61 Å². The monoisotopic (exact) mass is 253 g/mol. The van der Waals surface area contributed by atoms with E-state index < -0.39 is 0 Å². The molecule has 0 saturated carbocycles. The van der Waals surface area contributed by atoms with Crippen LogP contribution in [0.2, 0.25) is 0 Å². The van der Waals surface area contributed by atoms with E-state index in [4.69, 9.17) is 0 Å². The van der Waals surface area contributed by atoms with E-state index >= 15 is 0 Å². The summed E-state index contributed by atoms with van der Waals surface area (Å²) in [5.41, 5.74) is 3.30. The molecule has 0 spiro atoms. The van der Waals surface area contributed by atoms with E-state index in [0.29, 0.717) is 0 Å². The van der Waals surface area contributed by atoms with Crippen LogP contribution in [0.4, 0.5) is 0 Å². The molecule has 0 radical (unpaired) electrons. The van der Waals surface area contributed by atoms with Gasteiger partial charge in [-0.05, 0) is 24.6 Å². The summed E-state index contributed by atoms with van der Waals surface area (Å²) in [4.78, 5) is 0. The third-order valence-corrected chi connectivity index (χ3v) is 3.21. The predicted octanol–water partition coefficient (Wildman–Crippen LogP) is 2.74. The van der Waals surface area contributed by atoms with E-state index in [2.05, 4.69) is 28.1 Å². The molecule has 0 aliphatic rings. The van der Waals surface area contributed by atoms with Crippen molar-refractivity contribution in [1.82, 2.24) is 4.57 Å². The Morgan fingerprint density at radius 3 is 2.79 bits per heavy atom. The molecule has 3 heteroatoms. The average Bonchev–Trinajstić information content (AvgIpc) is 2.39. The topological polar surface area (TPSA) is 25.2 Å². The highest BCUT2D eigenvalue weighted by Gasteiger charge is 2.10. The van der Waals surface area contributed by atoms with E-state index in [0.717, 1.165) is 21.2 Å². The summed E-state index contributed by atoms with van der Waals surface area (Å²) in [7, 11) is 1.98. The van der Waals surface area contributed by atoms with Gasteiger partial charge in [0, 0.05) is 28.1 Å². The Balaban J connectivity index is 2.87. The Morgan fingerprint density at radius 1 is 1.43 bits per heavy atom. The number of rotatable bonds is 1. The van der Waals surface area contributed by atoms with Crippen molar-refractivity contribution in [1.29, 1.82) is 0 Å². The summed E-state index contributed by atoms with van der Waals surface area (Å²) in [6.45, 7) is 2.14. The molecular weight excluding hydrogens is 242 g/mol. The van der Waals surface area contributed by atoms with E-state index in [1.54, 1.807) is 0 Å². The number of aliphatic hydroxyl groups excluding tert-OH is 1. The van der Waals surface area contributed by atoms with Gasteiger partial charge in [-0.25, -0.2) is 0 Å². The molecule has 2 nitrogen and oxygen atoms in total. The average molecular weight is 254 g/mol. The van der Waals surface area contributed by atoms with Gasteiger partial charge in [0.1, 0.15) is 0 Å². The highest BCUT2D eigenvalue weighted by atomic mass is 79.9. The number of benzene rings is 1. The van der Waals surface area contributed by atoms with Gasteiger partial charge in [0.05, 0.1) is 6.61 Å². The number of fused-ring (bicyclic) bond motifs is 1. The molecular formula is C11H12BrNO. The van der Waals surface area contributed by atoms with Gasteiger partial charge in [-0.3, -0.25) is 0 Å². The number of hydrogen-bond acceptors (Lipinski definition) is 1. The van der Waals surface area contributed by atoms with Gasteiger partial charge >= 0.3 is 0 Å². The molecule has 2 rings (SSSR count). The van der Waals surface area contributed by atoms with Crippen LogP contribution >= 0.6 is 15.9 Å². The van der Waals surface area contributed by atoms with E-state index in [9.17, 15) is 5.11 Å². The summed E-state index contributed by atoms with van der Waals surface area (Å²) in [5, 5.41) is 10.4. The van der Waals surface area contributed by atoms with Crippen LogP contribution in [-0.4, -0.2) is 9.67 Å². The Labute approximate surface area is 91.3 Å². The van der Waals surface area contributed by atoms with Crippen molar-refractivity contribution in [3.8, 4) is 0 Å². The highest BCUT2D eigenvalue weighted by Crippen LogP contribution is 2.27. The van der Waals surface area contributed by atoms with Gasteiger partial charge < -0.3 is 9.67 Å². The number of nitrogens with zero attached hydrogens (tertiary/aromatic N) is 1. The maximum atomic E-state index is 9.24. The Kier molecular flexibility index (Phi) is 2.37. The molecule has 0 atom stereocenters. The standard InChI is InChI=1S/C11H12BrNO/c1-7-9-4-3-8(12)5-10(9)13(2)11(7)6-14/h3-5,14H,6H2,1-2H3. The zero-order chi connectivity index (χ0) is 10.3. The van der Waals surface area contributed by atoms with Crippen molar-refractivity contribution in [3.05, 3.63) is 33.9 Å². The van der Waals surface area contributed by atoms with Crippen molar-refractivity contribution in [2.24, 2.45) is 7.05 Å². The van der Waals surface area contributed by atoms with Gasteiger partial charge in [0.15, 0.2) is 0 Å². The number of aromatic nitrogens is 1. The van der Waals surface area contributed by atoms with E-state index in [1.165, 1.54) is 5.39 Å². The van der Waals surface area contributed by atoms with Crippen LogP contribution < -0.4 is 0 Å². The smallest absolute Gasteiger partial charge is 0.0835 e. The van der Waals surface area contributed by atoms with Crippen molar-refractivity contribution in [2.45, 2.75) is 13.5 Å². The summed E-state index contributed by atoms with van der Waals surface area (Å²) in [5.74, 6) is 0. The Morgan fingerprint density at radius 2 is 2.14 bits per heavy atom. The predicted molar refractivity (Wildman–Crippen MR) is 61.3 cm³/mol. The van der Waals surface area contributed by atoms with Gasteiger partial charge in [-0.15, -0.1) is 0 Å². The minimum Gasteiger partial charge on any atom is -0.390 e. The number of aliphatic hydroxyl groups is 1. The maximum absolute atomic E-state index is 9.24. The molecule has 0 bridgehead atoms. The van der Waals surface area contributed by atoms with Crippen LogP contribution in [-0.2, 0) is 13.7 Å². The molecule has 0 fully saturated rings. The minimum atomic E-state index is 0.0919. The zero-order valence-corrected chi connectivity index (χ0v) is 9.80. The molecule has 0 amide bonds. The molecule has 1 heterocycles. The summed E-state index contributed by atoms with van der Waals surface area (Å²) >= 11 is 3.45. The number of halogens is 1. The molecule has 0 saturated heterocycles. The second kappa shape index (κ2) is 3.41. The minimum absolute atomic E-state index is 0.0919. The second-order valence-corrected chi connectivity index (χ2v) is 4.37. The van der Waals surface area contributed by atoms with E-state index in [1.807, 2.05) is 24.6 Å². The van der Waals surface area contributed by atoms with Gasteiger partial charge in [0.25, 0.3) is 0 Å². The van der Waals surface area contributed by atoms with Crippen LogP contribution in [0.5, 0.6) is 0 Å². The molecule has 2 aromatic rings. The molecule has 1 aromatic carbocycles. The molecule has 0 aliphatic heterocycles. The lowest BCUT2D eigenvalue weighted by Crippen LogP contribution is -1.96. The number of hydrogen-bond donors (Lipinski definition) is 1. The molecule has 14 heavy (non-hydrogen) atoms. The lowest BCUT2D eigenvalue weighted by Gasteiger charge is -2.00. The summed E-state index contributed by atoms with van der Waals surface area (Å²) in [6, 6.07) is 6.17. The van der Waals surface area contributed by atoms with Crippen molar-refractivity contribution < 1.29 is 5.11 Å². The van der Waals surface area contributed by atoms with Crippen LogP contribution in [0.15, 0.2) is 22.7 Å². The first kappa shape index (κ1) is 9.74. The maximum Gasteiger partial charge on any atom is 0.0835 e. The van der Waals surface area contributed by atoms with Crippen LogP contribution in [0.1, 0.15) is 11.3 Å². The van der Waals surface area contributed by atoms with Crippen LogP contribution in [0, 0.1) is 6.92 Å². The Bertz CT molecular complexity index is 487. The summed E-state index contributed by atoms with van der Waals surface area (Å²) in [6.07, 6.45) is 0. The molecule has 0 aliphatic carbocycles. The van der Waals surface area contributed by atoms with Crippen molar-refractivity contribution in [2.75, 3.05) is 0 Å². The molecule has 1 N–H and O–H groups in total. The van der Waals surface area contributed by atoms with Crippen molar-refractivity contribution >= 4 is 26.8 Å². The zero-order valence-electron chi connectivity index (χ0n) is 8.21. The molecule has 0 unspecified atom stereocenters. The third kappa shape index (κ3) is 1.28. The normalized spacial score (nSPS) is 11.1.